The van der Waals surface area contributed by atoms with Crippen LogP contribution in [-0.4, -0.2) is 17.9 Å². The van der Waals surface area contributed by atoms with E-state index in [2.05, 4.69) is 20.8 Å². The van der Waals surface area contributed by atoms with E-state index in [4.69, 9.17) is 27.9 Å². The van der Waals surface area contributed by atoms with Crippen molar-refractivity contribution in [3.05, 3.63) is 69.2 Å². The van der Waals surface area contributed by atoms with Crippen molar-refractivity contribution in [2.45, 2.75) is 45.6 Å². The van der Waals surface area contributed by atoms with Gasteiger partial charge in [0.05, 0.1) is 6.42 Å². The fraction of sp³-hybridized carbons (Fsp3) is 0.333. The summed E-state index contributed by atoms with van der Waals surface area (Å²) in [6.45, 7) is 7.89. The van der Waals surface area contributed by atoms with Crippen LogP contribution in [0.15, 0.2) is 42.5 Å². The molecule has 0 unspecified atom stereocenters. The van der Waals surface area contributed by atoms with Crippen LogP contribution in [0.5, 0.6) is 0 Å². The summed E-state index contributed by atoms with van der Waals surface area (Å²) in [6, 6.07) is 12.3. The van der Waals surface area contributed by atoms with Crippen LogP contribution >= 0.6 is 23.2 Å². The van der Waals surface area contributed by atoms with Gasteiger partial charge in [0.15, 0.2) is 6.10 Å². The van der Waals surface area contributed by atoms with Crippen molar-refractivity contribution in [2.24, 2.45) is 0 Å². The predicted octanol–water partition coefficient (Wildman–Crippen LogP) is 5.65. The minimum Gasteiger partial charge on any atom is -0.454 e. The average Bonchev–Trinajstić information content (AvgIpc) is 2.56. The highest BCUT2D eigenvalue weighted by atomic mass is 35.5. The van der Waals surface area contributed by atoms with Crippen molar-refractivity contribution in [2.75, 3.05) is 0 Å². The van der Waals surface area contributed by atoms with Crippen molar-refractivity contribution in [1.82, 2.24) is 0 Å². The quantitative estimate of drug-likeness (QED) is 0.487. The summed E-state index contributed by atoms with van der Waals surface area (Å²) < 4.78 is 5.27. The van der Waals surface area contributed by atoms with Crippen LogP contribution in [0.4, 0.5) is 0 Å². The molecule has 2 aromatic rings. The number of ketones is 1. The lowest BCUT2D eigenvalue weighted by molar-refractivity contribution is -0.145. The monoisotopic (exact) mass is 392 g/mol. The number of Topliss-reactive ketones (excluding diaryl/α,β-unsaturated/α-hetero) is 1. The second kappa shape index (κ2) is 8.24. The molecule has 0 saturated heterocycles. The fourth-order valence-corrected chi connectivity index (χ4v) is 2.96. The number of benzene rings is 2. The number of carbonyl (C=O) groups is 2. The van der Waals surface area contributed by atoms with Gasteiger partial charge in [-0.2, -0.15) is 0 Å². The molecule has 3 nitrogen and oxygen atoms in total. The topological polar surface area (TPSA) is 43.4 Å². The van der Waals surface area contributed by atoms with E-state index in [1.807, 2.05) is 12.1 Å². The number of rotatable bonds is 5. The maximum absolute atomic E-state index is 12.5. The zero-order valence-corrected chi connectivity index (χ0v) is 16.8. The maximum atomic E-state index is 12.5. The Morgan fingerprint density at radius 1 is 1.04 bits per heavy atom. The van der Waals surface area contributed by atoms with Gasteiger partial charge in [0.1, 0.15) is 0 Å². The van der Waals surface area contributed by atoms with Gasteiger partial charge in [-0.15, -0.1) is 0 Å². The number of halogens is 2. The number of hydrogen-bond donors (Lipinski definition) is 0. The molecule has 5 heteroatoms. The molecule has 0 amide bonds. The molecule has 2 rings (SSSR count). The minimum absolute atomic E-state index is 0.0114. The second-order valence-electron chi connectivity index (χ2n) is 7.24. The fourth-order valence-electron chi connectivity index (χ4n) is 2.48. The molecule has 1 atom stereocenters. The SMILES string of the molecule is C[C@@H](OC(=O)Cc1ccc(Cl)cc1Cl)C(=O)c1ccc(C(C)(C)C)cc1. The Morgan fingerprint density at radius 2 is 1.65 bits per heavy atom. The largest absolute Gasteiger partial charge is 0.454 e. The molecule has 0 N–H and O–H groups in total. The highest BCUT2D eigenvalue weighted by Crippen LogP contribution is 2.23. The molecule has 26 heavy (non-hydrogen) atoms. The molecule has 0 radical (unpaired) electrons. The van der Waals surface area contributed by atoms with Crippen LogP contribution in [-0.2, 0) is 21.4 Å². The lowest BCUT2D eigenvalue weighted by Crippen LogP contribution is -2.25. The molecule has 0 saturated carbocycles. The Hall–Kier alpha value is -1.84. The minimum atomic E-state index is -0.867. The summed E-state index contributed by atoms with van der Waals surface area (Å²) >= 11 is 11.9. The molecule has 0 fully saturated rings. The average molecular weight is 393 g/mol. The summed E-state index contributed by atoms with van der Waals surface area (Å²) in [5, 5.41) is 0.889. The van der Waals surface area contributed by atoms with E-state index in [9.17, 15) is 9.59 Å². The Bertz CT molecular complexity index is 805. The summed E-state index contributed by atoms with van der Waals surface area (Å²) in [5.74, 6) is -0.748. The second-order valence-corrected chi connectivity index (χ2v) is 8.08. The van der Waals surface area contributed by atoms with Crippen LogP contribution in [0.3, 0.4) is 0 Å². The first kappa shape index (κ1) is 20.5. The molecular weight excluding hydrogens is 371 g/mol. The lowest BCUT2D eigenvalue weighted by atomic mass is 9.86. The van der Waals surface area contributed by atoms with E-state index >= 15 is 0 Å². The number of ether oxygens (including phenoxy) is 1. The lowest BCUT2D eigenvalue weighted by Gasteiger charge is -2.19. The molecular formula is C21H22Cl2O3. The molecule has 0 heterocycles. The molecule has 0 bridgehead atoms. The zero-order valence-electron chi connectivity index (χ0n) is 15.3. The predicted molar refractivity (Wildman–Crippen MR) is 105 cm³/mol. The van der Waals surface area contributed by atoms with Gasteiger partial charge in [0.2, 0.25) is 5.78 Å². The molecule has 138 valence electrons. The van der Waals surface area contributed by atoms with Gasteiger partial charge in [-0.05, 0) is 35.6 Å². The van der Waals surface area contributed by atoms with Gasteiger partial charge in [0.25, 0.3) is 0 Å². The first-order valence-corrected chi connectivity index (χ1v) is 9.11. The first-order chi connectivity index (χ1) is 12.1. The maximum Gasteiger partial charge on any atom is 0.311 e. The van der Waals surface area contributed by atoms with E-state index in [0.29, 0.717) is 21.2 Å². The molecule has 2 aromatic carbocycles. The normalized spacial score (nSPS) is 12.5. The third-order valence-corrected chi connectivity index (χ3v) is 4.65. The van der Waals surface area contributed by atoms with E-state index in [0.717, 1.165) is 5.56 Å². The Morgan fingerprint density at radius 3 is 2.19 bits per heavy atom. The Labute approximate surface area is 164 Å². The van der Waals surface area contributed by atoms with Crippen molar-refractivity contribution in [3.8, 4) is 0 Å². The number of esters is 1. The number of hydrogen-bond acceptors (Lipinski definition) is 3. The number of carbonyl (C=O) groups excluding carboxylic acids is 2. The Balaban J connectivity index is 2.01. The van der Waals surface area contributed by atoms with E-state index in [1.54, 1.807) is 37.3 Å². The van der Waals surface area contributed by atoms with Gasteiger partial charge in [0, 0.05) is 15.6 Å². The molecule has 0 aliphatic rings. The van der Waals surface area contributed by atoms with Crippen LogP contribution in [0.2, 0.25) is 10.0 Å². The van der Waals surface area contributed by atoms with Crippen molar-refractivity contribution < 1.29 is 14.3 Å². The first-order valence-electron chi connectivity index (χ1n) is 8.36. The molecule has 0 aliphatic carbocycles. The molecule has 0 aliphatic heterocycles. The van der Waals surface area contributed by atoms with Gasteiger partial charge in [-0.25, -0.2) is 0 Å². The summed E-state index contributed by atoms with van der Waals surface area (Å²) in [5.41, 5.74) is 2.27. The van der Waals surface area contributed by atoms with Crippen molar-refractivity contribution in [1.29, 1.82) is 0 Å². The summed E-state index contributed by atoms with van der Waals surface area (Å²) in [6.07, 6.45) is -0.884. The van der Waals surface area contributed by atoms with Crippen molar-refractivity contribution >= 4 is 35.0 Å². The van der Waals surface area contributed by atoms with Crippen LogP contribution < -0.4 is 0 Å². The molecule has 0 aromatic heterocycles. The van der Waals surface area contributed by atoms with Crippen LogP contribution in [0.1, 0.15) is 49.2 Å². The highest BCUT2D eigenvalue weighted by molar-refractivity contribution is 6.35. The third kappa shape index (κ3) is 5.33. The van der Waals surface area contributed by atoms with Crippen LogP contribution in [0, 0.1) is 0 Å². The highest BCUT2D eigenvalue weighted by Gasteiger charge is 2.21. The molecule has 0 spiro atoms. The third-order valence-electron chi connectivity index (χ3n) is 4.06. The standard InChI is InChI=1S/C21H22Cl2O3/c1-13(20(25)14-5-8-16(9-6-14)21(2,3)4)26-19(24)11-15-7-10-17(22)12-18(15)23/h5-10,12-13H,11H2,1-4H3/t13-/m1/s1. The summed E-state index contributed by atoms with van der Waals surface area (Å²) in [4.78, 5) is 24.6. The van der Waals surface area contributed by atoms with E-state index in [1.165, 1.54) is 0 Å². The summed E-state index contributed by atoms with van der Waals surface area (Å²) in [7, 11) is 0. The van der Waals surface area contributed by atoms with E-state index in [-0.39, 0.29) is 17.6 Å². The van der Waals surface area contributed by atoms with Gasteiger partial charge >= 0.3 is 5.97 Å². The zero-order chi connectivity index (χ0) is 19.5. The van der Waals surface area contributed by atoms with Crippen LogP contribution in [0.25, 0.3) is 0 Å². The Kier molecular flexibility index (Phi) is 6.48. The van der Waals surface area contributed by atoms with Gasteiger partial charge in [-0.1, -0.05) is 74.3 Å². The van der Waals surface area contributed by atoms with Crippen molar-refractivity contribution in [3.63, 3.8) is 0 Å². The van der Waals surface area contributed by atoms with Gasteiger partial charge < -0.3 is 4.74 Å². The van der Waals surface area contributed by atoms with E-state index < -0.39 is 12.1 Å². The van der Waals surface area contributed by atoms with Gasteiger partial charge in [-0.3, -0.25) is 9.59 Å². The smallest absolute Gasteiger partial charge is 0.311 e.